The fourth-order valence-electron chi connectivity index (χ4n) is 2.86. The molecule has 2 amide bonds. The van der Waals surface area contributed by atoms with Crippen LogP contribution in [-0.4, -0.2) is 22.9 Å². The molecule has 0 radical (unpaired) electrons. The zero-order valence-corrected chi connectivity index (χ0v) is 15.4. The van der Waals surface area contributed by atoms with E-state index >= 15 is 0 Å². The van der Waals surface area contributed by atoms with E-state index in [1.807, 2.05) is 32.0 Å². The van der Waals surface area contributed by atoms with E-state index in [0.717, 1.165) is 11.1 Å². The van der Waals surface area contributed by atoms with Crippen LogP contribution in [-0.2, 0) is 9.59 Å². The number of hydrogen-bond acceptors (Lipinski definition) is 4. The molecule has 0 unspecified atom stereocenters. The van der Waals surface area contributed by atoms with Gasteiger partial charge < -0.3 is 15.1 Å². The van der Waals surface area contributed by atoms with E-state index in [2.05, 4.69) is 10.6 Å². The number of nitrogens with zero attached hydrogens (tertiary/aromatic N) is 1. The summed E-state index contributed by atoms with van der Waals surface area (Å²) in [5.74, 6) is -1.40. The lowest BCUT2D eigenvalue weighted by atomic mass is 10.1. The first kappa shape index (κ1) is 18.4. The Morgan fingerprint density at radius 2 is 1.85 bits per heavy atom. The second kappa shape index (κ2) is 7.49. The number of anilines is 1. The SMILES string of the molecule is Cc1cccc(NC(=O)CNC(=O)[C@H](C)n2c(=O)oc3ccccc32)c1C. The van der Waals surface area contributed by atoms with E-state index in [0.29, 0.717) is 16.8 Å². The lowest BCUT2D eigenvalue weighted by Gasteiger charge is -2.14. The van der Waals surface area contributed by atoms with Crippen molar-refractivity contribution in [3.05, 3.63) is 64.1 Å². The molecule has 1 aromatic heterocycles. The summed E-state index contributed by atoms with van der Waals surface area (Å²) < 4.78 is 6.42. The molecular formula is C20H21N3O4. The van der Waals surface area contributed by atoms with Gasteiger partial charge in [0.2, 0.25) is 11.8 Å². The summed E-state index contributed by atoms with van der Waals surface area (Å²) in [5.41, 5.74) is 3.69. The fraction of sp³-hybridized carbons (Fsp3) is 0.250. The van der Waals surface area contributed by atoms with Gasteiger partial charge in [0.05, 0.1) is 12.1 Å². The van der Waals surface area contributed by atoms with Crippen molar-refractivity contribution in [2.24, 2.45) is 0 Å². The summed E-state index contributed by atoms with van der Waals surface area (Å²) in [6.07, 6.45) is 0. The highest BCUT2D eigenvalue weighted by atomic mass is 16.4. The summed E-state index contributed by atoms with van der Waals surface area (Å²) in [5, 5.41) is 5.34. The molecule has 1 atom stereocenters. The van der Waals surface area contributed by atoms with Crippen LogP contribution in [0.2, 0.25) is 0 Å². The summed E-state index contributed by atoms with van der Waals surface area (Å²) >= 11 is 0. The molecular weight excluding hydrogens is 346 g/mol. The minimum Gasteiger partial charge on any atom is -0.408 e. The van der Waals surface area contributed by atoms with E-state index < -0.39 is 17.7 Å². The molecule has 7 nitrogen and oxygen atoms in total. The first-order chi connectivity index (χ1) is 12.9. The van der Waals surface area contributed by atoms with Gasteiger partial charge in [-0.3, -0.25) is 14.2 Å². The largest absolute Gasteiger partial charge is 0.420 e. The molecule has 7 heteroatoms. The highest BCUT2D eigenvalue weighted by molar-refractivity contribution is 5.95. The first-order valence-electron chi connectivity index (χ1n) is 8.62. The van der Waals surface area contributed by atoms with Crippen LogP contribution in [0, 0.1) is 13.8 Å². The van der Waals surface area contributed by atoms with E-state index in [1.165, 1.54) is 4.57 Å². The molecule has 0 spiro atoms. The smallest absolute Gasteiger partial charge is 0.408 e. The second-order valence-corrected chi connectivity index (χ2v) is 6.40. The van der Waals surface area contributed by atoms with Gasteiger partial charge in [0.1, 0.15) is 6.04 Å². The Kier molecular flexibility index (Phi) is 5.12. The Labute approximate surface area is 156 Å². The number of carbonyl (C=O) groups is 2. The van der Waals surface area contributed by atoms with Gasteiger partial charge in [-0.1, -0.05) is 24.3 Å². The van der Waals surface area contributed by atoms with Gasteiger partial charge in [0.15, 0.2) is 5.58 Å². The molecule has 2 N–H and O–H groups in total. The molecule has 0 aliphatic rings. The van der Waals surface area contributed by atoms with Crippen LogP contribution in [0.15, 0.2) is 51.7 Å². The minimum atomic E-state index is -0.811. The van der Waals surface area contributed by atoms with Crippen LogP contribution < -0.4 is 16.4 Å². The van der Waals surface area contributed by atoms with Gasteiger partial charge in [0.25, 0.3) is 0 Å². The third kappa shape index (κ3) is 3.76. The molecule has 2 aromatic carbocycles. The summed E-state index contributed by atoms with van der Waals surface area (Å²) in [6.45, 7) is 5.27. The lowest BCUT2D eigenvalue weighted by molar-refractivity contribution is -0.126. The quantitative estimate of drug-likeness (QED) is 0.725. The number of benzene rings is 2. The van der Waals surface area contributed by atoms with Gasteiger partial charge in [0, 0.05) is 5.69 Å². The molecule has 0 bridgehead atoms. The molecule has 140 valence electrons. The van der Waals surface area contributed by atoms with Crippen molar-refractivity contribution in [3.63, 3.8) is 0 Å². The zero-order valence-electron chi connectivity index (χ0n) is 15.4. The minimum absolute atomic E-state index is 0.193. The molecule has 0 aliphatic heterocycles. The fourth-order valence-corrected chi connectivity index (χ4v) is 2.86. The first-order valence-corrected chi connectivity index (χ1v) is 8.62. The van der Waals surface area contributed by atoms with Crippen molar-refractivity contribution < 1.29 is 14.0 Å². The van der Waals surface area contributed by atoms with Crippen molar-refractivity contribution in [2.45, 2.75) is 26.8 Å². The van der Waals surface area contributed by atoms with Crippen molar-refractivity contribution in [2.75, 3.05) is 11.9 Å². The molecule has 3 rings (SSSR count). The topological polar surface area (TPSA) is 93.3 Å². The van der Waals surface area contributed by atoms with Gasteiger partial charge in [-0.05, 0) is 50.1 Å². The number of hydrogen-bond donors (Lipinski definition) is 2. The number of para-hydroxylation sites is 2. The highest BCUT2D eigenvalue weighted by Gasteiger charge is 2.21. The number of carbonyl (C=O) groups excluding carboxylic acids is 2. The second-order valence-electron chi connectivity index (χ2n) is 6.40. The average Bonchev–Trinajstić information content (AvgIpc) is 2.98. The summed E-state index contributed by atoms with van der Waals surface area (Å²) in [7, 11) is 0. The summed E-state index contributed by atoms with van der Waals surface area (Å²) in [6, 6.07) is 11.7. The molecule has 1 heterocycles. The van der Waals surface area contributed by atoms with Crippen LogP contribution in [0.3, 0.4) is 0 Å². The molecule has 0 aliphatic carbocycles. The van der Waals surface area contributed by atoms with Crippen molar-refractivity contribution in [3.8, 4) is 0 Å². The van der Waals surface area contributed by atoms with Crippen LogP contribution in [0.25, 0.3) is 11.1 Å². The Morgan fingerprint density at radius 3 is 2.63 bits per heavy atom. The van der Waals surface area contributed by atoms with Crippen molar-refractivity contribution >= 4 is 28.6 Å². The highest BCUT2D eigenvalue weighted by Crippen LogP contribution is 2.18. The Bertz CT molecular complexity index is 1060. The van der Waals surface area contributed by atoms with E-state index in [1.54, 1.807) is 31.2 Å². The number of rotatable bonds is 5. The summed E-state index contributed by atoms with van der Waals surface area (Å²) in [4.78, 5) is 36.6. The van der Waals surface area contributed by atoms with Crippen LogP contribution in [0.1, 0.15) is 24.1 Å². The van der Waals surface area contributed by atoms with Gasteiger partial charge in [-0.15, -0.1) is 0 Å². The van der Waals surface area contributed by atoms with E-state index in [-0.39, 0.29) is 12.5 Å². The predicted octanol–water partition coefficient (Wildman–Crippen LogP) is 2.53. The maximum Gasteiger partial charge on any atom is 0.420 e. The Morgan fingerprint density at radius 1 is 1.11 bits per heavy atom. The van der Waals surface area contributed by atoms with Gasteiger partial charge in [-0.2, -0.15) is 0 Å². The maximum atomic E-state index is 12.4. The number of oxazole rings is 1. The van der Waals surface area contributed by atoms with E-state index in [9.17, 15) is 14.4 Å². The maximum absolute atomic E-state index is 12.4. The normalized spacial score (nSPS) is 12.0. The van der Waals surface area contributed by atoms with E-state index in [4.69, 9.17) is 4.42 Å². The molecule has 0 saturated heterocycles. The third-order valence-electron chi connectivity index (χ3n) is 4.59. The Hall–Kier alpha value is -3.35. The third-order valence-corrected chi connectivity index (χ3v) is 4.59. The monoisotopic (exact) mass is 367 g/mol. The Balaban J connectivity index is 1.66. The molecule has 0 saturated carbocycles. The number of aromatic nitrogens is 1. The predicted molar refractivity (Wildman–Crippen MR) is 103 cm³/mol. The van der Waals surface area contributed by atoms with Gasteiger partial charge in [-0.25, -0.2) is 4.79 Å². The van der Waals surface area contributed by atoms with Crippen LogP contribution in [0.4, 0.5) is 5.69 Å². The number of aryl methyl sites for hydroxylation is 1. The number of amides is 2. The average molecular weight is 367 g/mol. The number of nitrogens with one attached hydrogen (secondary N) is 2. The number of fused-ring (bicyclic) bond motifs is 1. The molecule has 3 aromatic rings. The lowest BCUT2D eigenvalue weighted by Crippen LogP contribution is -2.38. The van der Waals surface area contributed by atoms with Crippen LogP contribution in [0.5, 0.6) is 0 Å². The zero-order chi connectivity index (χ0) is 19.6. The van der Waals surface area contributed by atoms with Gasteiger partial charge >= 0.3 is 5.76 Å². The standard InChI is InChI=1S/C20H21N3O4/c1-12-7-6-8-15(13(12)2)22-18(24)11-21-19(25)14(3)23-16-9-4-5-10-17(16)27-20(23)26/h4-10,14H,11H2,1-3H3,(H,21,25)(H,22,24)/t14-/m0/s1. The van der Waals surface area contributed by atoms with Crippen LogP contribution >= 0.6 is 0 Å². The molecule has 27 heavy (non-hydrogen) atoms. The van der Waals surface area contributed by atoms with Crippen molar-refractivity contribution in [1.29, 1.82) is 0 Å². The van der Waals surface area contributed by atoms with Crippen molar-refractivity contribution in [1.82, 2.24) is 9.88 Å². The molecule has 0 fully saturated rings.